The molecule has 0 aliphatic rings. The van der Waals surface area contributed by atoms with Crippen LogP contribution in [0.15, 0.2) is 24.3 Å². The molecule has 8 nitrogen and oxygen atoms in total. The first-order valence-corrected chi connectivity index (χ1v) is 5.03. The molecule has 0 spiro atoms. The van der Waals surface area contributed by atoms with E-state index in [4.69, 9.17) is 0 Å². The summed E-state index contributed by atoms with van der Waals surface area (Å²) in [4.78, 5) is 30.9. The van der Waals surface area contributed by atoms with Crippen molar-refractivity contribution in [3.8, 4) is 0 Å². The van der Waals surface area contributed by atoms with E-state index in [1.807, 2.05) is 0 Å². The molecular weight excluding hydrogens is 242 g/mol. The van der Waals surface area contributed by atoms with Gasteiger partial charge in [0.05, 0.1) is 4.92 Å². The number of amides is 1. The number of carbonyl (C=O) groups excluding carboxylic acids is 1. The summed E-state index contributed by atoms with van der Waals surface area (Å²) in [6.45, 7) is 0.699. The van der Waals surface area contributed by atoms with Gasteiger partial charge in [-0.3, -0.25) is 25.0 Å². The molecule has 8 heteroatoms. The van der Waals surface area contributed by atoms with Gasteiger partial charge in [-0.2, -0.15) is 0 Å². The molecule has 1 aromatic carbocycles. The zero-order valence-corrected chi connectivity index (χ0v) is 9.53. The number of rotatable bonds is 5. The second-order valence-corrected chi connectivity index (χ2v) is 3.62. The third kappa shape index (κ3) is 3.81. The van der Waals surface area contributed by atoms with Gasteiger partial charge in [0, 0.05) is 24.0 Å². The first kappa shape index (κ1) is 13.6. The molecule has 0 aliphatic carbocycles. The molecule has 1 rings (SSSR count). The summed E-state index contributed by atoms with van der Waals surface area (Å²) >= 11 is 0. The number of nitro benzene ring substituents is 1. The molecule has 18 heavy (non-hydrogen) atoms. The molecule has 1 N–H and O–H groups in total. The van der Waals surface area contributed by atoms with Crippen molar-refractivity contribution in [1.29, 1.82) is 0 Å². The standard InChI is InChI=1S/C10H11N3O5/c1-7(14)11-10(6-12(15)16)8-3-2-4-9(5-8)13(17)18/h2-5,10H,6H2,1H3,(H,11,14). The Morgan fingerprint density at radius 1 is 1.39 bits per heavy atom. The maximum Gasteiger partial charge on any atom is 0.269 e. The molecule has 0 bridgehead atoms. The van der Waals surface area contributed by atoms with Crippen molar-refractivity contribution in [2.45, 2.75) is 13.0 Å². The van der Waals surface area contributed by atoms with Crippen LogP contribution in [0.2, 0.25) is 0 Å². The monoisotopic (exact) mass is 253 g/mol. The molecule has 0 radical (unpaired) electrons. The van der Waals surface area contributed by atoms with Crippen LogP contribution in [0.25, 0.3) is 0 Å². The lowest BCUT2D eigenvalue weighted by Gasteiger charge is -2.13. The van der Waals surface area contributed by atoms with E-state index in [9.17, 15) is 25.0 Å². The van der Waals surface area contributed by atoms with Gasteiger partial charge in [0.1, 0.15) is 6.04 Å². The van der Waals surface area contributed by atoms with Crippen LogP contribution in [0.1, 0.15) is 18.5 Å². The lowest BCUT2D eigenvalue weighted by molar-refractivity contribution is -0.484. The minimum atomic E-state index is -0.877. The second-order valence-electron chi connectivity index (χ2n) is 3.62. The lowest BCUT2D eigenvalue weighted by Crippen LogP contribution is -2.31. The van der Waals surface area contributed by atoms with Crippen LogP contribution in [0.4, 0.5) is 5.69 Å². The van der Waals surface area contributed by atoms with Gasteiger partial charge in [-0.1, -0.05) is 12.1 Å². The number of nitrogens with zero attached hydrogens (tertiary/aromatic N) is 2. The van der Waals surface area contributed by atoms with Crippen molar-refractivity contribution in [2.24, 2.45) is 0 Å². The summed E-state index contributed by atoms with van der Waals surface area (Å²) in [5, 5.41) is 23.5. The third-order valence-corrected chi connectivity index (χ3v) is 2.19. The van der Waals surface area contributed by atoms with E-state index in [-0.39, 0.29) is 5.69 Å². The van der Waals surface area contributed by atoms with E-state index in [0.29, 0.717) is 5.56 Å². The summed E-state index contributed by atoms with van der Waals surface area (Å²) in [5.74, 6) is -0.437. The highest BCUT2D eigenvalue weighted by molar-refractivity contribution is 5.73. The Bertz CT molecular complexity index is 472. The zero-order valence-electron chi connectivity index (χ0n) is 9.53. The van der Waals surface area contributed by atoms with Crippen LogP contribution < -0.4 is 5.32 Å². The second kappa shape index (κ2) is 5.71. The summed E-state index contributed by atoms with van der Waals surface area (Å²) in [6, 6.07) is 4.53. The molecule has 0 aliphatic heterocycles. The average molecular weight is 253 g/mol. The van der Waals surface area contributed by atoms with Crippen LogP contribution in [-0.4, -0.2) is 22.3 Å². The van der Waals surface area contributed by atoms with Gasteiger partial charge in [-0.25, -0.2) is 0 Å². The van der Waals surface area contributed by atoms with E-state index >= 15 is 0 Å². The van der Waals surface area contributed by atoms with Crippen LogP contribution in [0, 0.1) is 20.2 Å². The Balaban J connectivity index is 3.03. The van der Waals surface area contributed by atoms with E-state index < -0.39 is 28.3 Å². The number of nitrogens with one attached hydrogen (secondary N) is 1. The van der Waals surface area contributed by atoms with Crippen molar-refractivity contribution in [3.63, 3.8) is 0 Å². The maximum absolute atomic E-state index is 11.0. The van der Waals surface area contributed by atoms with Gasteiger partial charge < -0.3 is 5.32 Å². The average Bonchev–Trinajstić information content (AvgIpc) is 2.27. The quantitative estimate of drug-likeness (QED) is 0.621. The summed E-state index contributed by atoms with van der Waals surface area (Å²) in [5.41, 5.74) is 0.155. The van der Waals surface area contributed by atoms with Crippen LogP contribution in [0.5, 0.6) is 0 Å². The molecule has 0 saturated carbocycles. The van der Waals surface area contributed by atoms with Gasteiger partial charge in [-0.05, 0) is 5.56 Å². The largest absolute Gasteiger partial charge is 0.343 e. The lowest BCUT2D eigenvalue weighted by atomic mass is 10.1. The van der Waals surface area contributed by atoms with Gasteiger partial charge >= 0.3 is 0 Å². The van der Waals surface area contributed by atoms with Crippen molar-refractivity contribution in [2.75, 3.05) is 6.54 Å². The Labute approximate surface area is 102 Å². The third-order valence-electron chi connectivity index (χ3n) is 2.19. The first-order valence-electron chi connectivity index (χ1n) is 5.03. The molecular formula is C10H11N3O5. The Morgan fingerprint density at radius 3 is 2.56 bits per heavy atom. The fourth-order valence-corrected chi connectivity index (χ4v) is 1.48. The number of benzene rings is 1. The van der Waals surface area contributed by atoms with Gasteiger partial charge in [-0.15, -0.1) is 0 Å². The van der Waals surface area contributed by atoms with Gasteiger partial charge in [0.2, 0.25) is 12.5 Å². The molecule has 1 amide bonds. The summed E-state index contributed by atoms with van der Waals surface area (Å²) < 4.78 is 0. The smallest absolute Gasteiger partial charge is 0.269 e. The predicted molar refractivity (Wildman–Crippen MR) is 61.5 cm³/mol. The Hall–Kier alpha value is -2.51. The number of hydrogen-bond acceptors (Lipinski definition) is 5. The molecule has 1 atom stereocenters. The highest BCUT2D eigenvalue weighted by Crippen LogP contribution is 2.19. The Morgan fingerprint density at radius 2 is 2.06 bits per heavy atom. The molecule has 96 valence electrons. The SMILES string of the molecule is CC(=O)NC(C[N+](=O)[O-])c1cccc([N+](=O)[O-])c1. The molecule has 1 unspecified atom stereocenters. The van der Waals surface area contributed by atoms with Crippen molar-refractivity contribution in [3.05, 3.63) is 50.1 Å². The molecule has 0 aromatic heterocycles. The topological polar surface area (TPSA) is 115 Å². The fourth-order valence-electron chi connectivity index (χ4n) is 1.48. The number of non-ortho nitro benzene ring substituents is 1. The number of nitro groups is 2. The van der Waals surface area contributed by atoms with Gasteiger partial charge in [0.15, 0.2) is 0 Å². The molecule has 0 saturated heterocycles. The summed E-state index contributed by atoms with van der Waals surface area (Å²) in [6.07, 6.45) is 0. The highest BCUT2D eigenvalue weighted by Gasteiger charge is 2.20. The minimum Gasteiger partial charge on any atom is -0.343 e. The molecule has 1 aromatic rings. The van der Waals surface area contributed by atoms with Crippen LogP contribution in [0.3, 0.4) is 0 Å². The Kier molecular flexibility index (Phi) is 4.30. The number of carbonyl (C=O) groups is 1. The predicted octanol–water partition coefficient (Wildman–Crippen LogP) is 1.05. The van der Waals surface area contributed by atoms with Crippen molar-refractivity contribution < 1.29 is 14.6 Å². The van der Waals surface area contributed by atoms with E-state index in [0.717, 1.165) is 0 Å². The first-order chi connectivity index (χ1) is 8.40. The van der Waals surface area contributed by atoms with Gasteiger partial charge in [0.25, 0.3) is 5.69 Å². The van der Waals surface area contributed by atoms with Crippen molar-refractivity contribution >= 4 is 11.6 Å². The van der Waals surface area contributed by atoms with Crippen molar-refractivity contribution in [1.82, 2.24) is 5.32 Å². The van der Waals surface area contributed by atoms with Crippen LogP contribution in [-0.2, 0) is 4.79 Å². The zero-order chi connectivity index (χ0) is 13.7. The van der Waals surface area contributed by atoms with E-state index in [1.165, 1.54) is 31.2 Å². The number of hydrogen-bond donors (Lipinski definition) is 1. The normalized spacial score (nSPS) is 11.6. The molecule has 0 fully saturated rings. The van der Waals surface area contributed by atoms with E-state index in [2.05, 4.69) is 5.32 Å². The fraction of sp³-hybridized carbons (Fsp3) is 0.300. The van der Waals surface area contributed by atoms with E-state index in [1.54, 1.807) is 0 Å². The highest BCUT2D eigenvalue weighted by atomic mass is 16.6. The minimum absolute atomic E-state index is 0.175. The maximum atomic E-state index is 11.0. The summed E-state index contributed by atoms with van der Waals surface area (Å²) in [7, 11) is 0. The molecule has 0 heterocycles. The van der Waals surface area contributed by atoms with Crippen LogP contribution >= 0.6 is 0 Å².